The van der Waals surface area contributed by atoms with Crippen LogP contribution in [0.2, 0.25) is 0 Å². The first-order valence-corrected chi connectivity index (χ1v) is 6.93. The average Bonchev–Trinajstić information content (AvgIpc) is 2.81. The maximum Gasteiger partial charge on any atom is 0.254 e. The normalized spacial score (nSPS) is 11.0. The summed E-state index contributed by atoms with van der Waals surface area (Å²) < 4.78 is 29.0. The third kappa shape index (κ3) is 3.13. The van der Waals surface area contributed by atoms with Gasteiger partial charge in [-0.25, -0.2) is 8.78 Å². The molecule has 0 radical (unpaired) electrons. The predicted octanol–water partition coefficient (Wildman–Crippen LogP) is 2.46. The summed E-state index contributed by atoms with van der Waals surface area (Å²) in [5, 5.41) is 10.6. The van der Waals surface area contributed by atoms with Crippen molar-refractivity contribution in [2.75, 3.05) is 0 Å². The summed E-state index contributed by atoms with van der Waals surface area (Å²) >= 11 is 0. The van der Waals surface area contributed by atoms with Crippen LogP contribution in [0.3, 0.4) is 0 Å². The molecular formula is C15H18F2N4O. The molecule has 1 heterocycles. The second-order valence-corrected chi connectivity index (χ2v) is 5.45. The van der Waals surface area contributed by atoms with Crippen molar-refractivity contribution in [3.05, 3.63) is 46.5 Å². The van der Waals surface area contributed by atoms with Crippen molar-refractivity contribution >= 4 is 5.91 Å². The van der Waals surface area contributed by atoms with E-state index in [1.54, 1.807) is 11.6 Å². The molecule has 0 saturated heterocycles. The molecule has 0 aliphatic heterocycles. The molecule has 1 aromatic heterocycles. The first-order valence-electron chi connectivity index (χ1n) is 6.93. The van der Waals surface area contributed by atoms with E-state index < -0.39 is 17.5 Å². The standard InChI is InChI=1S/C15H18F2N4O/c1-8(2)14-20-19-13(21(14)4)7-18-15(22)10-6-11(16)9(3)5-12(10)17/h5-6,8H,7H2,1-4H3,(H,18,22). The Balaban J connectivity index is 2.12. The molecule has 0 aliphatic rings. The van der Waals surface area contributed by atoms with Crippen LogP contribution in [0.4, 0.5) is 8.78 Å². The van der Waals surface area contributed by atoms with Crippen LogP contribution in [0.25, 0.3) is 0 Å². The van der Waals surface area contributed by atoms with Gasteiger partial charge in [0, 0.05) is 13.0 Å². The summed E-state index contributed by atoms with van der Waals surface area (Å²) in [6.45, 7) is 5.49. The number of hydrogen-bond acceptors (Lipinski definition) is 3. The van der Waals surface area contributed by atoms with E-state index in [4.69, 9.17) is 0 Å². The van der Waals surface area contributed by atoms with E-state index >= 15 is 0 Å². The highest BCUT2D eigenvalue weighted by Gasteiger charge is 2.16. The molecule has 0 aliphatic carbocycles. The molecule has 1 aromatic carbocycles. The van der Waals surface area contributed by atoms with Gasteiger partial charge >= 0.3 is 0 Å². The lowest BCUT2D eigenvalue weighted by Crippen LogP contribution is -2.25. The summed E-state index contributed by atoms with van der Waals surface area (Å²) in [6.07, 6.45) is 0. The quantitative estimate of drug-likeness (QED) is 0.944. The van der Waals surface area contributed by atoms with Crippen molar-refractivity contribution in [2.45, 2.75) is 33.2 Å². The lowest BCUT2D eigenvalue weighted by Gasteiger charge is -2.08. The second-order valence-electron chi connectivity index (χ2n) is 5.45. The monoisotopic (exact) mass is 308 g/mol. The zero-order valence-corrected chi connectivity index (χ0v) is 12.9. The molecule has 0 bridgehead atoms. The average molecular weight is 308 g/mol. The van der Waals surface area contributed by atoms with Crippen LogP contribution in [0.15, 0.2) is 12.1 Å². The molecule has 1 amide bonds. The van der Waals surface area contributed by atoms with Crippen molar-refractivity contribution in [1.82, 2.24) is 20.1 Å². The van der Waals surface area contributed by atoms with Crippen LogP contribution < -0.4 is 5.32 Å². The van der Waals surface area contributed by atoms with Gasteiger partial charge in [-0.05, 0) is 24.6 Å². The van der Waals surface area contributed by atoms with Crippen LogP contribution >= 0.6 is 0 Å². The Bertz CT molecular complexity index is 710. The Hall–Kier alpha value is -2.31. The largest absolute Gasteiger partial charge is 0.345 e. The number of benzene rings is 1. The third-order valence-electron chi connectivity index (χ3n) is 3.42. The summed E-state index contributed by atoms with van der Waals surface area (Å²) in [5.41, 5.74) is -0.168. The fourth-order valence-electron chi connectivity index (χ4n) is 2.11. The van der Waals surface area contributed by atoms with E-state index in [1.807, 2.05) is 13.8 Å². The van der Waals surface area contributed by atoms with Crippen molar-refractivity contribution < 1.29 is 13.6 Å². The van der Waals surface area contributed by atoms with Crippen LogP contribution in [0.5, 0.6) is 0 Å². The topological polar surface area (TPSA) is 59.8 Å². The van der Waals surface area contributed by atoms with Gasteiger partial charge in [0.1, 0.15) is 17.5 Å². The number of amides is 1. The van der Waals surface area contributed by atoms with Crippen molar-refractivity contribution in [3.8, 4) is 0 Å². The Labute approximate surface area is 127 Å². The third-order valence-corrected chi connectivity index (χ3v) is 3.42. The number of aromatic nitrogens is 3. The number of rotatable bonds is 4. The van der Waals surface area contributed by atoms with E-state index in [0.29, 0.717) is 5.82 Å². The molecule has 118 valence electrons. The van der Waals surface area contributed by atoms with E-state index in [1.165, 1.54) is 6.92 Å². The smallest absolute Gasteiger partial charge is 0.254 e. The van der Waals surface area contributed by atoms with Gasteiger partial charge in [-0.3, -0.25) is 4.79 Å². The fraction of sp³-hybridized carbons (Fsp3) is 0.400. The predicted molar refractivity (Wildman–Crippen MR) is 77.4 cm³/mol. The molecule has 2 rings (SSSR count). The minimum absolute atomic E-state index is 0.0873. The molecule has 0 unspecified atom stereocenters. The molecule has 0 spiro atoms. The molecule has 5 nitrogen and oxygen atoms in total. The van der Waals surface area contributed by atoms with E-state index in [2.05, 4.69) is 15.5 Å². The van der Waals surface area contributed by atoms with Gasteiger partial charge in [0.2, 0.25) is 0 Å². The Morgan fingerprint density at radius 3 is 2.55 bits per heavy atom. The Kier molecular flexibility index (Phi) is 4.54. The fourth-order valence-corrected chi connectivity index (χ4v) is 2.11. The highest BCUT2D eigenvalue weighted by Crippen LogP contribution is 2.15. The van der Waals surface area contributed by atoms with Gasteiger partial charge in [-0.2, -0.15) is 0 Å². The number of nitrogens with zero attached hydrogens (tertiary/aromatic N) is 3. The number of nitrogens with one attached hydrogen (secondary N) is 1. The lowest BCUT2D eigenvalue weighted by molar-refractivity contribution is 0.0945. The van der Waals surface area contributed by atoms with Gasteiger partial charge in [0.25, 0.3) is 5.91 Å². The van der Waals surface area contributed by atoms with Crippen molar-refractivity contribution in [3.63, 3.8) is 0 Å². The Morgan fingerprint density at radius 1 is 1.27 bits per heavy atom. The minimum atomic E-state index is -0.753. The zero-order valence-electron chi connectivity index (χ0n) is 12.9. The van der Waals surface area contributed by atoms with Gasteiger partial charge in [-0.1, -0.05) is 13.8 Å². The molecule has 0 saturated carbocycles. The first-order chi connectivity index (χ1) is 10.3. The molecule has 2 aromatic rings. The summed E-state index contributed by atoms with van der Waals surface area (Å²) in [7, 11) is 1.79. The molecule has 1 N–H and O–H groups in total. The summed E-state index contributed by atoms with van der Waals surface area (Å²) in [4.78, 5) is 12.0. The highest BCUT2D eigenvalue weighted by atomic mass is 19.1. The zero-order chi connectivity index (χ0) is 16.4. The Morgan fingerprint density at radius 2 is 1.95 bits per heavy atom. The molecular weight excluding hydrogens is 290 g/mol. The van der Waals surface area contributed by atoms with Crippen molar-refractivity contribution in [1.29, 1.82) is 0 Å². The lowest BCUT2D eigenvalue weighted by atomic mass is 10.1. The molecule has 0 atom stereocenters. The first kappa shape index (κ1) is 16.1. The van der Waals surface area contributed by atoms with Gasteiger partial charge in [-0.15, -0.1) is 10.2 Å². The van der Waals surface area contributed by atoms with Crippen LogP contribution in [-0.4, -0.2) is 20.7 Å². The van der Waals surface area contributed by atoms with Gasteiger partial charge in [0.15, 0.2) is 5.82 Å². The van der Waals surface area contributed by atoms with Crippen molar-refractivity contribution in [2.24, 2.45) is 7.05 Å². The maximum atomic E-state index is 13.7. The number of halogens is 2. The van der Waals surface area contributed by atoms with Crippen LogP contribution in [0, 0.1) is 18.6 Å². The van der Waals surface area contributed by atoms with Crippen LogP contribution in [-0.2, 0) is 13.6 Å². The highest BCUT2D eigenvalue weighted by molar-refractivity contribution is 5.94. The number of carbonyl (C=O) groups excluding carboxylic acids is 1. The number of carbonyl (C=O) groups is 1. The molecule has 22 heavy (non-hydrogen) atoms. The number of aryl methyl sites for hydroxylation is 1. The second kappa shape index (κ2) is 6.21. The SMILES string of the molecule is Cc1cc(F)c(C(=O)NCc2nnc(C(C)C)n2C)cc1F. The van der Waals surface area contributed by atoms with Gasteiger partial charge < -0.3 is 9.88 Å². The minimum Gasteiger partial charge on any atom is -0.345 e. The van der Waals surface area contributed by atoms with E-state index in [0.717, 1.165) is 18.0 Å². The summed E-state index contributed by atoms with van der Waals surface area (Å²) in [5.74, 6) is -0.525. The van der Waals surface area contributed by atoms with Gasteiger partial charge in [0.05, 0.1) is 12.1 Å². The maximum absolute atomic E-state index is 13.7. The van der Waals surface area contributed by atoms with Crippen LogP contribution in [0.1, 0.15) is 47.3 Å². The molecule has 7 heteroatoms. The summed E-state index contributed by atoms with van der Waals surface area (Å²) in [6, 6.07) is 1.90. The van der Waals surface area contributed by atoms with E-state index in [-0.39, 0.29) is 23.6 Å². The molecule has 0 fully saturated rings. The van der Waals surface area contributed by atoms with E-state index in [9.17, 15) is 13.6 Å². The number of hydrogen-bond donors (Lipinski definition) is 1.